The third kappa shape index (κ3) is 16.5. The minimum Gasteiger partial charge on any atom is -0.0622 e. The number of rotatable bonds is 2. The average molecular weight is 460 g/mol. The van der Waals surface area contributed by atoms with Crippen molar-refractivity contribution in [1.82, 2.24) is 0 Å². The molecule has 3 N–H and O–H groups in total. The zero-order chi connectivity index (χ0) is 14.5. The summed E-state index contributed by atoms with van der Waals surface area (Å²) < 4.78 is 0. The Hall–Kier alpha value is 0.283. The maximum absolute atomic E-state index is 7.00. The van der Waals surface area contributed by atoms with E-state index in [0.717, 1.165) is 15.7 Å². The molecule has 2 aromatic carbocycles. The number of benzene rings is 2. The third-order valence-corrected chi connectivity index (χ3v) is 3.08. The SMILES string of the molecule is C.CO.O.[Cl][Ru]([Cl])[Cl].c1ccc(Pc2ccccc2)cc1. The molecule has 0 aliphatic carbocycles. The maximum atomic E-state index is 7.00. The second kappa shape index (κ2) is 18.3. The number of hydrogen-bond acceptors (Lipinski definition) is 1. The predicted molar refractivity (Wildman–Crippen MR) is 96.5 cm³/mol. The van der Waals surface area contributed by atoms with Crippen LogP contribution in [0.5, 0.6) is 0 Å². The first-order valence-electron chi connectivity index (χ1n) is 5.17. The van der Waals surface area contributed by atoms with Crippen molar-refractivity contribution in [2.45, 2.75) is 7.43 Å². The zero-order valence-electron chi connectivity index (χ0n) is 10.7. The zero-order valence-corrected chi connectivity index (χ0v) is 15.7. The van der Waals surface area contributed by atoms with Gasteiger partial charge in [-0.1, -0.05) is 76.7 Å². The van der Waals surface area contributed by atoms with Crippen LogP contribution in [0.4, 0.5) is 0 Å². The summed E-state index contributed by atoms with van der Waals surface area (Å²) >= 11 is -1.75. The van der Waals surface area contributed by atoms with Crippen molar-refractivity contribution >= 4 is 48.3 Å². The van der Waals surface area contributed by atoms with Crippen molar-refractivity contribution in [2.24, 2.45) is 0 Å². The van der Waals surface area contributed by atoms with Crippen molar-refractivity contribution in [2.75, 3.05) is 7.11 Å². The molecule has 0 unspecified atom stereocenters. The molecule has 0 amide bonds. The van der Waals surface area contributed by atoms with Gasteiger partial charge in [0.05, 0.1) is 0 Å². The summed E-state index contributed by atoms with van der Waals surface area (Å²) in [6, 6.07) is 21.2. The van der Waals surface area contributed by atoms with Crippen LogP contribution in [0.25, 0.3) is 0 Å². The Kier molecular flexibility index (Phi) is 22.9. The largest absolute Gasteiger partial charge is 0.0622 e. The van der Waals surface area contributed by atoms with E-state index in [0.29, 0.717) is 0 Å². The van der Waals surface area contributed by atoms with Gasteiger partial charge in [0.1, 0.15) is 0 Å². The van der Waals surface area contributed by atoms with E-state index in [2.05, 4.69) is 60.7 Å². The first-order chi connectivity index (χ1) is 9.18. The molecule has 0 aliphatic rings. The normalized spacial score (nSPS) is 8.52. The minimum absolute atomic E-state index is 0. The summed E-state index contributed by atoms with van der Waals surface area (Å²) in [6.07, 6.45) is 0. The Morgan fingerprint density at radius 3 is 1.24 bits per heavy atom. The van der Waals surface area contributed by atoms with Gasteiger partial charge in [0.2, 0.25) is 0 Å². The van der Waals surface area contributed by atoms with Crippen LogP contribution in [0.3, 0.4) is 0 Å². The molecule has 123 valence electrons. The Morgan fingerprint density at radius 2 is 1.00 bits per heavy atom. The second-order valence-corrected chi connectivity index (χ2v) is 12.3. The van der Waals surface area contributed by atoms with E-state index in [9.17, 15) is 0 Å². The average Bonchev–Trinajstić information content (AvgIpc) is 2.43. The quantitative estimate of drug-likeness (QED) is 0.539. The number of halogens is 3. The van der Waals surface area contributed by atoms with Gasteiger partial charge in [0.25, 0.3) is 0 Å². The summed E-state index contributed by atoms with van der Waals surface area (Å²) in [4.78, 5) is 0. The summed E-state index contributed by atoms with van der Waals surface area (Å²) in [5.74, 6) is 0. The molecule has 0 saturated carbocycles. The van der Waals surface area contributed by atoms with E-state index < -0.39 is 13.0 Å². The van der Waals surface area contributed by atoms with E-state index in [4.69, 9.17) is 34.2 Å². The predicted octanol–water partition coefficient (Wildman–Crippen LogP) is 3.80. The molecular weight excluding hydrogens is 439 g/mol. The Bertz CT molecular complexity index is 379. The van der Waals surface area contributed by atoms with E-state index in [-0.39, 0.29) is 12.9 Å². The van der Waals surface area contributed by atoms with Crippen molar-refractivity contribution in [3.8, 4) is 0 Å². The fourth-order valence-electron chi connectivity index (χ4n) is 1.21. The van der Waals surface area contributed by atoms with E-state index in [1.54, 1.807) is 0 Å². The van der Waals surface area contributed by atoms with Gasteiger partial charge in [0, 0.05) is 7.11 Å². The first-order valence-corrected chi connectivity index (χ1v) is 12.9. The van der Waals surface area contributed by atoms with Crippen LogP contribution < -0.4 is 10.6 Å². The van der Waals surface area contributed by atoms with Crippen molar-refractivity contribution < 1.29 is 23.6 Å². The van der Waals surface area contributed by atoms with Gasteiger partial charge in [-0.2, -0.15) is 0 Å². The molecule has 0 bridgehead atoms. The molecule has 0 heterocycles. The Labute approximate surface area is 146 Å². The summed E-state index contributed by atoms with van der Waals surface area (Å²) in [5, 5.41) is 9.79. The summed E-state index contributed by atoms with van der Waals surface area (Å²) in [6.45, 7) is 0. The smallest absolute Gasteiger partial charge is 0.0226 e. The van der Waals surface area contributed by atoms with Gasteiger partial charge < -0.3 is 10.6 Å². The molecule has 0 saturated heterocycles. The first kappa shape index (κ1) is 26.2. The van der Waals surface area contributed by atoms with Gasteiger partial charge in [-0.25, -0.2) is 0 Å². The van der Waals surface area contributed by atoms with Gasteiger partial charge in [0.15, 0.2) is 0 Å². The van der Waals surface area contributed by atoms with Crippen LogP contribution in [-0.2, 0) is 13.0 Å². The molecule has 0 aliphatic heterocycles. The van der Waals surface area contributed by atoms with Crippen molar-refractivity contribution in [3.63, 3.8) is 0 Å². The van der Waals surface area contributed by atoms with Gasteiger partial charge in [-0.3, -0.25) is 0 Å². The molecular formula is C14H21Cl3O2PRu. The molecule has 2 rings (SSSR count). The second-order valence-electron chi connectivity index (χ2n) is 3.01. The van der Waals surface area contributed by atoms with Gasteiger partial charge in [-0.05, 0) is 10.6 Å². The maximum Gasteiger partial charge on any atom is -0.0226 e. The Balaban J connectivity index is -0.000000356. The number of hydrogen-bond donors (Lipinski definition) is 1. The van der Waals surface area contributed by atoms with Crippen LogP contribution in [0.2, 0.25) is 0 Å². The van der Waals surface area contributed by atoms with E-state index in [1.165, 1.54) is 10.6 Å². The van der Waals surface area contributed by atoms with Crippen LogP contribution in [-0.4, -0.2) is 17.7 Å². The van der Waals surface area contributed by atoms with E-state index >= 15 is 0 Å². The van der Waals surface area contributed by atoms with Crippen LogP contribution in [0.15, 0.2) is 60.7 Å². The van der Waals surface area contributed by atoms with Crippen LogP contribution in [0.1, 0.15) is 7.43 Å². The summed E-state index contributed by atoms with van der Waals surface area (Å²) in [5.41, 5.74) is 0. The van der Waals surface area contributed by atoms with Crippen molar-refractivity contribution in [1.29, 1.82) is 0 Å². The summed E-state index contributed by atoms with van der Waals surface area (Å²) in [7, 11) is 16.6. The number of aliphatic hydroxyl groups excluding tert-OH is 1. The van der Waals surface area contributed by atoms with Gasteiger partial charge >= 0.3 is 42.1 Å². The minimum atomic E-state index is -1.75. The fourth-order valence-corrected chi connectivity index (χ4v) is 2.26. The number of aliphatic hydroxyl groups is 1. The third-order valence-electron chi connectivity index (χ3n) is 1.84. The molecule has 2 nitrogen and oxygen atoms in total. The topological polar surface area (TPSA) is 51.7 Å². The molecule has 2 aromatic rings. The molecule has 0 radical (unpaired) electrons. The molecule has 7 heteroatoms. The molecule has 0 spiro atoms. The van der Waals surface area contributed by atoms with E-state index in [1.807, 2.05) is 0 Å². The molecule has 0 atom stereocenters. The molecule has 0 fully saturated rings. The monoisotopic (exact) mass is 459 g/mol. The van der Waals surface area contributed by atoms with Gasteiger partial charge in [-0.15, -0.1) is 0 Å². The standard InChI is InChI=1S/C12H11P.CH4O.CH4.3ClH.H2O.Ru/c1-3-7-11(8-4-1)13-12-9-5-2-6-10-12;1-2;;;;;;/h1-10,13H;2H,1H3;1H4;3*1H;1H2;/q;;;;;;;+3/p-3. The Morgan fingerprint density at radius 1 is 0.762 bits per heavy atom. The van der Waals surface area contributed by atoms with Crippen LogP contribution >= 0.6 is 37.7 Å². The van der Waals surface area contributed by atoms with Crippen LogP contribution in [0, 0.1) is 0 Å². The van der Waals surface area contributed by atoms with Crippen molar-refractivity contribution in [3.05, 3.63) is 60.7 Å². The fraction of sp³-hybridized carbons (Fsp3) is 0.143. The molecule has 21 heavy (non-hydrogen) atoms. The molecule has 0 aromatic heterocycles.